The lowest BCUT2D eigenvalue weighted by atomic mass is 9.47. The number of fused-ring (bicyclic) bond motifs is 5. The number of carbonyl (C=O) groups excluding carboxylic acids is 1. The van der Waals surface area contributed by atoms with E-state index in [1.807, 2.05) is 0 Å². The summed E-state index contributed by atoms with van der Waals surface area (Å²) in [6.07, 6.45) is 12.2. The van der Waals surface area contributed by atoms with Crippen molar-refractivity contribution in [3.63, 3.8) is 0 Å². The molecule has 3 saturated carbocycles. The summed E-state index contributed by atoms with van der Waals surface area (Å²) in [5.74, 6) is 3.29. The number of likely N-dealkylation sites (N-methyl/N-ethyl adjacent to an activating group) is 1. The Morgan fingerprint density at radius 2 is 1.95 bits per heavy atom. The molecule has 1 aliphatic heterocycles. The Bertz CT molecular complexity index is 912. The van der Waals surface area contributed by atoms with Gasteiger partial charge in [-0.1, -0.05) is 53.2 Å². The van der Waals surface area contributed by atoms with E-state index in [1.54, 1.807) is 0 Å². The lowest BCUT2D eigenvalue weighted by Crippen LogP contribution is -2.52. The number of nitrogens with one attached hydrogen (secondary N) is 1. The standard InChI is InChI=1S/C34H58N2O4/c1-7-36(8-2)18-17-35-32(38)40-25-13-15-33(5)24(19-25)10-11-26-27(33)14-16-34(6)28(26)20-29(37)31(34)23(4)30-12-9-22(3)21-39-30/h10,22-23,25-31,37H,7-9,11-21H2,1-6H3,(H,35,38)/t22-,23+,25-,26+,27-,28-,29-,30?,31-,33-,34-/m0/s1. The SMILES string of the molecule is CCN(CC)CCNC(=O)O[C@H]1CC[C@@]2(C)C(=CC[C@H]3[C@@H]4C[C@H](O)[C@H]([C@H](C)C5CC[C@H](C)CO5)[C@@]4(C)CC[C@@H]32)C1. The van der Waals surface area contributed by atoms with Crippen LogP contribution in [0.4, 0.5) is 4.79 Å². The highest BCUT2D eigenvalue weighted by atomic mass is 16.6. The van der Waals surface area contributed by atoms with E-state index in [-0.39, 0.29) is 29.1 Å². The summed E-state index contributed by atoms with van der Waals surface area (Å²) in [5.41, 5.74) is 1.91. The molecular weight excluding hydrogens is 500 g/mol. The first-order valence-electron chi connectivity index (χ1n) is 16.8. The van der Waals surface area contributed by atoms with Gasteiger partial charge in [0.15, 0.2) is 0 Å². The first-order chi connectivity index (χ1) is 19.1. The van der Waals surface area contributed by atoms with Crippen molar-refractivity contribution in [2.45, 2.75) is 118 Å². The summed E-state index contributed by atoms with van der Waals surface area (Å²) >= 11 is 0. The zero-order valence-electron chi connectivity index (χ0n) is 26.3. The Balaban J connectivity index is 1.22. The van der Waals surface area contributed by atoms with Gasteiger partial charge in [-0.2, -0.15) is 0 Å². The fraction of sp³-hybridized carbons (Fsp3) is 0.912. The molecule has 0 bridgehead atoms. The Morgan fingerprint density at radius 1 is 1.18 bits per heavy atom. The second-order valence-corrected chi connectivity index (χ2v) is 14.8. The molecule has 1 amide bonds. The van der Waals surface area contributed by atoms with Crippen molar-refractivity contribution >= 4 is 6.09 Å². The first-order valence-corrected chi connectivity index (χ1v) is 16.8. The molecule has 228 valence electrons. The molecule has 5 rings (SSSR count). The van der Waals surface area contributed by atoms with Gasteiger partial charge < -0.3 is 24.8 Å². The molecule has 40 heavy (non-hydrogen) atoms. The van der Waals surface area contributed by atoms with E-state index in [2.05, 4.69) is 57.8 Å². The molecule has 2 N–H and O–H groups in total. The van der Waals surface area contributed by atoms with Crippen molar-refractivity contribution < 1.29 is 19.4 Å². The number of hydrogen-bond acceptors (Lipinski definition) is 5. The van der Waals surface area contributed by atoms with Crippen molar-refractivity contribution in [3.8, 4) is 0 Å². The predicted octanol–water partition coefficient (Wildman–Crippen LogP) is 6.42. The molecular formula is C34H58N2O4. The van der Waals surface area contributed by atoms with Crippen LogP contribution in [-0.2, 0) is 9.47 Å². The fourth-order valence-electron chi connectivity index (χ4n) is 10.3. The summed E-state index contributed by atoms with van der Waals surface area (Å²) in [5, 5.41) is 14.5. The molecule has 0 aromatic heterocycles. The molecule has 0 spiro atoms. The van der Waals surface area contributed by atoms with Gasteiger partial charge in [0.1, 0.15) is 6.10 Å². The van der Waals surface area contributed by atoms with Gasteiger partial charge in [-0.05, 0) is 111 Å². The smallest absolute Gasteiger partial charge is 0.407 e. The van der Waals surface area contributed by atoms with Crippen LogP contribution in [-0.4, -0.2) is 67.2 Å². The third-order valence-electron chi connectivity index (χ3n) is 12.7. The zero-order valence-corrected chi connectivity index (χ0v) is 26.3. The molecule has 0 aromatic rings. The molecule has 1 saturated heterocycles. The van der Waals surface area contributed by atoms with Crippen LogP contribution >= 0.6 is 0 Å². The van der Waals surface area contributed by atoms with Crippen molar-refractivity contribution in [2.75, 3.05) is 32.8 Å². The van der Waals surface area contributed by atoms with Crippen molar-refractivity contribution in [1.82, 2.24) is 10.2 Å². The maximum Gasteiger partial charge on any atom is 0.407 e. The summed E-state index contributed by atoms with van der Waals surface area (Å²) in [7, 11) is 0. The second kappa shape index (κ2) is 12.2. The monoisotopic (exact) mass is 558 g/mol. The van der Waals surface area contributed by atoms with E-state index in [0.29, 0.717) is 48.2 Å². The third kappa shape index (κ3) is 5.63. The lowest BCUT2D eigenvalue weighted by Gasteiger charge is -2.58. The van der Waals surface area contributed by atoms with Gasteiger partial charge in [0.05, 0.1) is 12.2 Å². The van der Waals surface area contributed by atoms with Crippen molar-refractivity contribution in [2.24, 2.45) is 46.3 Å². The Morgan fingerprint density at radius 3 is 2.65 bits per heavy atom. The molecule has 0 aromatic carbocycles. The Labute approximate surface area is 244 Å². The van der Waals surface area contributed by atoms with E-state index in [0.717, 1.165) is 64.8 Å². The average molecular weight is 559 g/mol. The van der Waals surface area contributed by atoms with Gasteiger partial charge >= 0.3 is 6.09 Å². The van der Waals surface area contributed by atoms with Crippen LogP contribution in [0.1, 0.15) is 99.3 Å². The molecule has 11 atom stereocenters. The first kappa shape index (κ1) is 30.4. The van der Waals surface area contributed by atoms with E-state index in [1.165, 1.54) is 24.8 Å². The molecule has 6 heteroatoms. The molecule has 0 radical (unpaired) electrons. The van der Waals surface area contributed by atoms with Gasteiger partial charge in [0, 0.05) is 26.1 Å². The van der Waals surface area contributed by atoms with E-state index >= 15 is 0 Å². The van der Waals surface area contributed by atoms with Gasteiger partial charge in [-0.25, -0.2) is 4.79 Å². The van der Waals surface area contributed by atoms with E-state index in [9.17, 15) is 9.90 Å². The van der Waals surface area contributed by atoms with E-state index in [4.69, 9.17) is 9.47 Å². The minimum atomic E-state index is -0.264. The van der Waals surface area contributed by atoms with Gasteiger partial charge in [-0.3, -0.25) is 0 Å². The topological polar surface area (TPSA) is 71.0 Å². The van der Waals surface area contributed by atoms with Crippen LogP contribution in [0.5, 0.6) is 0 Å². The number of nitrogens with zero attached hydrogens (tertiary/aromatic N) is 1. The minimum Gasteiger partial charge on any atom is -0.446 e. The number of ether oxygens (including phenoxy) is 2. The normalized spacial score (nSPS) is 43.8. The number of amides is 1. The predicted molar refractivity (Wildman–Crippen MR) is 160 cm³/mol. The second-order valence-electron chi connectivity index (χ2n) is 14.8. The highest BCUT2D eigenvalue weighted by Crippen LogP contribution is 2.67. The molecule has 1 heterocycles. The number of carbonyl (C=O) groups is 1. The molecule has 6 nitrogen and oxygen atoms in total. The summed E-state index contributed by atoms with van der Waals surface area (Å²) in [4.78, 5) is 14.8. The number of aliphatic hydroxyl groups excluding tert-OH is 1. The highest BCUT2D eigenvalue weighted by molar-refractivity contribution is 5.67. The fourth-order valence-corrected chi connectivity index (χ4v) is 10.3. The van der Waals surface area contributed by atoms with Crippen LogP contribution in [0.2, 0.25) is 0 Å². The van der Waals surface area contributed by atoms with Crippen LogP contribution in [0.25, 0.3) is 0 Å². The largest absolute Gasteiger partial charge is 0.446 e. The number of hydrogen-bond donors (Lipinski definition) is 2. The molecule has 1 unspecified atom stereocenters. The molecule has 4 fully saturated rings. The van der Waals surface area contributed by atoms with Crippen LogP contribution in [0.15, 0.2) is 11.6 Å². The van der Waals surface area contributed by atoms with Crippen LogP contribution in [0, 0.1) is 46.3 Å². The van der Waals surface area contributed by atoms with Gasteiger partial charge in [-0.15, -0.1) is 0 Å². The average Bonchev–Trinajstić information content (AvgIpc) is 3.21. The van der Waals surface area contributed by atoms with E-state index < -0.39 is 0 Å². The van der Waals surface area contributed by atoms with Gasteiger partial charge in [0.2, 0.25) is 0 Å². The maximum atomic E-state index is 12.5. The molecule has 4 aliphatic carbocycles. The molecule has 5 aliphatic rings. The number of aliphatic hydroxyl groups is 1. The number of rotatable bonds is 8. The third-order valence-corrected chi connectivity index (χ3v) is 12.7. The highest BCUT2D eigenvalue weighted by Gasteiger charge is 2.62. The lowest BCUT2D eigenvalue weighted by molar-refractivity contribution is -0.104. The van der Waals surface area contributed by atoms with Crippen molar-refractivity contribution in [1.29, 1.82) is 0 Å². The number of allylic oxidation sites excluding steroid dienone is 1. The zero-order chi connectivity index (χ0) is 28.7. The van der Waals surface area contributed by atoms with Crippen molar-refractivity contribution in [3.05, 3.63) is 11.6 Å². The van der Waals surface area contributed by atoms with Gasteiger partial charge in [0.25, 0.3) is 0 Å². The van der Waals surface area contributed by atoms with Crippen LogP contribution < -0.4 is 5.32 Å². The Kier molecular flexibility index (Phi) is 9.29. The van der Waals surface area contributed by atoms with Crippen LogP contribution in [0.3, 0.4) is 0 Å². The summed E-state index contributed by atoms with van der Waals surface area (Å²) in [6, 6.07) is 0. The summed E-state index contributed by atoms with van der Waals surface area (Å²) < 4.78 is 12.3. The Hall–Kier alpha value is -1.11. The maximum absolute atomic E-state index is 12.5. The minimum absolute atomic E-state index is 0.0186. The summed E-state index contributed by atoms with van der Waals surface area (Å²) in [6.45, 7) is 18.3. The quantitative estimate of drug-likeness (QED) is 0.336. The number of alkyl carbamates (subject to hydrolysis) is 1.